The van der Waals surface area contributed by atoms with Gasteiger partial charge in [0.15, 0.2) is 0 Å². The van der Waals surface area contributed by atoms with Gasteiger partial charge in [-0.25, -0.2) is 0 Å². The summed E-state index contributed by atoms with van der Waals surface area (Å²) in [5.74, 6) is 0.786. The quantitative estimate of drug-likeness (QED) is 0.901. The van der Waals surface area contributed by atoms with Gasteiger partial charge >= 0.3 is 0 Å². The van der Waals surface area contributed by atoms with Crippen LogP contribution in [0.5, 0.6) is 5.75 Å². The Bertz CT molecular complexity index is 488. The Balaban J connectivity index is 2.14. The lowest BCUT2D eigenvalue weighted by molar-refractivity contribution is 0.410. The van der Waals surface area contributed by atoms with Gasteiger partial charge in [0.2, 0.25) is 0 Å². The molecule has 0 saturated heterocycles. The van der Waals surface area contributed by atoms with Crippen LogP contribution in [0.3, 0.4) is 0 Å². The van der Waals surface area contributed by atoms with Crippen molar-refractivity contribution in [1.29, 1.82) is 0 Å². The number of hydrogen-bond acceptors (Lipinski definition) is 3. The van der Waals surface area contributed by atoms with Crippen LogP contribution >= 0.6 is 11.6 Å². The molecule has 0 atom stereocenters. The maximum atomic E-state index is 6.14. The van der Waals surface area contributed by atoms with Crippen LogP contribution < -0.4 is 10.1 Å². The monoisotopic (exact) mass is 248 g/mol. The van der Waals surface area contributed by atoms with Crippen molar-refractivity contribution < 1.29 is 4.74 Å². The highest BCUT2D eigenvalue weighted by Gasteiger charge is 2.06. The fourth-order valence-electron chi connectivity index (χ4n) is 1.56. The molecule has 0 unspecified atom stereocenters. The lowest BCUT2D eigenvalue weighted by atomic mass is 10.2. The van der Waals surface area contributed by atoms with Gasteiger partial charge in [-0.05, 0) is 24.3 Å². The van der Waals surface area contributed by atoms with E-state index in [1.54, 1.807) is 19.5 Å². The molecule has 0 saturated carbocycles. The number of halogens is 1. The van der Waals surface area contributed by atoms with E-state index >= 15 is 0 Å². The number of pyridine rings is 1. The van der Waals surface area contributed by atoms with E-state index in [1.807, 2.05) is 30.3 Å². The summed E-state index contributed by atoms with van der Waals surface area (Å²) in [6.07, 6.45) is 3.50. The van der Waals surface area contributed by atoms with Crippen molar-refractivity contribution in [3.05, 3.63) is 53.3 Å². The molecule has 0 fully saturated rings. The first kappa shape index (κ1) is 11.7. The summed E-state index contributed by atoms with van der Waals surface area (Å²) in [6.45, 7) is 0.606. The van der Waals surface area contributed by atoms with Crippen molar-refractivity contribution in [2.24, 2.45) is 0 Å². The molecule has 2 rings (SSSR count). The summed E-state index contributed by atoms with van der Waals surface area (Å²) < 4.78 is 5.27. The van der Waals surface area contributed by atoms with E-state index in [4.69, 9.17) is 16.3 Å². The topological polar surface area (TPSA) is 34.1 Å². The Morgan fingerprint density at radius 2 is 2.18 bits per heavy atom. The van der Waals surface area contributed by atoms with E-state index in [-0.39, 0.29) is 0 Å². The zero-order valence-corrected chi connectivity index (χ0v) is 10.2. The molecular formula is C13H13ClN2O. The van der Waals surface area contributed by atoms with Gasteiger partial charge in [0.1, 0.15) is 5.75 Å². The normalized spacial score (nSPS) is 10.0. The predicted octanol–water partition coefficient (Wildman–Crippen LogP) is 3.36. The van der Waals surface area contributed by atoms with Crippen LogP contribution in [0.4, 0.5) is 5.69 Å². The van der Waals surface area contributed by atoms with E-state index in [1.165, 1.54) is 0 Å². The Morgan fingerprint density at radius 3 is 2.88 bits per heavy atom. The smallest absolute Gasteiger partial charge is 0.125 e. The summed E-state index contributed by atoms with van der Waals surface area (Å²) in [5.41, 5.74) is 1.90. The standard InChI is InChI=1S/C13H13ClN2O/c1-17-13-6-2-5-12(14)11(13)9-16-10-4-3-7-15-8-10/h2-8,16H,9H2,1H3. The minimum Gasteiger partial charge on any atom is -0.496 e. The Kier molecular flexibility index (Phi) is 3.83. The van der Waals surface area contributed by atoms with Gasteiger partial charge in [0.05, 0.1) is 12.8 Å². The summed E-state index contributed by atoms with van der Waals surface area (Å²) in [6, 6.07) is 9.45. The molecule has 88 valence electrons. The second-order valence-corrected chi connectivity index (χ2v) is 3.92. The lowest BCUT2D eigenvalue weighted by Crippen LogP contribution is -2.02. The van der Waals surface area contributed by atoms with Gasteiger partial charge in [-0.2, -0.15) is 0 Å². The minimum atomic E-state index is 0.606. The van der Waals surface area contributed by atoms with Crippen molar-refractivity contribution in [3.63, 3.8) is 0 Å². The molecule has 3 nitrogen and oxygen atoms in total. The molecule has 0 aliphatic carbocycles. The maximum absolute atomic E-state index is 6.14. The highest BCUT2D eigenvalue weighted by atomic mass is 35.5. The maximum Gasteiger partial charge on any atom is 0.125 e. The van der Waals surface area contributed by atoms with E-state index in [9.17, 15) is 0 Å². The predicted molar refractivity (Wildman–Crippen MR) is 69.6 cm³/mol. The van der Waals surface area contributed by atoms with Crippen LogP contribution in [-0.4, -0.2) is 12.1 Å². The highest BCUT2D eigenvalue weighted by molar-refractivity contribution is 6.31. The van der Waals surface area contributed by atoms with Crippen LogP contribution in [-0.2, 0) is 6.54 Å². The second-order valence-electron chi connectivity index (χ2n) is 3.52. The second kappa shape index (κ2) is 5.55. The Morgan fingerprint density at radius 1 is 1.29 bits per heavy atom. The molecule has 0 amide bonds. The molecule has 1 N–H and O–H groups in total. The molecule has 0 bridgehead atoms. The van der Waals surface area contributed by atoms with E-state index in [0.717, 1.165) is 17.0 Å². The molecule has 0 radical (unpaired) electrons. The van der Waals surface area contributed by atoms with Crippen molar-refractivity contribution in [2.45, 2.75) is 6.54 Å². The average molecular weight is 249 g/mol. The average Bonchev–Trinajstić information content (AvgIpc) is 2.38. The van der Waals surface area contributed by atoms with Crippen molar-refractivity contribution in [3.8, 4) is 5.75 Å². The van der Waals surface area contributed by atoms with Gasteiger partial charge in [-0.1, -0.05) is 17.7 Å². The van der Waals surface area contributed by atoms with E-state index in [2.05, 4.69) is 10.3 Å². The summed E-state index contributed by atoms with van der Waals surface area (Å²) in [5, 5.41) is 3.94. The third kappa shape index (κ3) is 2.88. The number of aromatic nitrogens is 1. The zero-order chi connectivity index (χ0) is 12.1. The SMILES string of the molecule is COc1cccc(Cl)c1CNc1cccnc1. The van der Waals surface area contributed by atoms with Crippen LogP contribution in [0.2, 0.25) is 5.02 Å². The van der Waals surface area contributed by atoms with Crippen LogP contribution in [0.15, 0.2) is 42.7 Å². The number of nitrogens with one attached hydrogen (secondary N) is 1. The number of hydrogen-bond donors (Lipinski definition) is 1. The first-order valence-corrected chi connectivity index (χ1v) is 5.64. The van der Waals surface area contributed by atoms with Gasteiger partial charge in [-0.3, -0.25) is 4.98 Å². The molecule has 2 aromatic rings. The van der Waals surface area contributed by atoms with Crippen molar-refractivity contribution >= 4 is 17.3 Å². The molecule has 1 aromatic carbocycles. The number of methoxy groups -OCH3 is 1. The summed E-state index contributed by atoms with van der Waals surface area (Å²) in [7, 11) is 1.64. The molecule has 0 aliphatic rings. The molecule has 0 spiro atoms. The van der Waals surface area contributed by atoms with E-state index < -0.39 is 0 Å². The molecular weight excluding hydrogens is 236 g/mol. The third-order valence-electron chi connectivity index (χ3n) is 2.43. The van der Waals surface area contributed by atoms with Crippen molar-refractivity contribution in [2.75, 3.05) is 12.4 Å². The summed E-state index contributed by atoms with van der Waals surface area (Å²) in [4.78, 5) is 4.04. The van der Waals surface area contributed by atoms with Gasteiger partial charge < -0.3 is 10.1 Å². The number of rotatable bonds is 4. The lowest BCUT2D eigenvalue weighted by Gasteiger charge is -2.11. The largest absolute Gasteiger partial charge is 0.496 e. The number of nitrogens with zero attached hydrogens (tertiary/aromatic N) is 1. The highest BCUT2D eigenvalue weighted by Crippen LogP contribution is 2.26. The molecule has 4 heteroatoms. The molecule has 1 heterocycles. The molecule has 17 heavy (non-hydrogen) atoms. The number of anilines is 1. The zero-order valence-electron chi connectivity index (χ0n) is 9.48. The fourth-order valence-corrected chi connectivity index (χ4v) is 1.79. The summed E-state index contributed by atoms with van der Waals surface area (Å²) >= 11 is 6.14. The van der Waals surface area contributed by atoms with Crippen LogP contribution in [0.25, 0.3) is 0 Å². The van der Waals surface area contributed by atoms with Crippen LogP contribution in [0.1, 0.15) is 5.56 Å². The first-order chi connectivity index (χ1) is 8.31. The van der Waals surface area contributed by atoms with Gasteiger partial charge in [-0.15, -0.1) is 0 Å². The van der Waals surface area contributed by atoms with Crippen molar-refractivity contribution in [1.82, 2.24) is 4.98 Å². The first-order valence-electron chi connectivity index (χ1n) is 5.26. The van der Waals surface area contributed by atoms with Gasteiger partial charge in [0.25, 0.3) is 0 Å². The third-order valence-corrected chi connectivity index (χ3v) is 2.78. The number of benzene rings is 1. The van der Waals surface area contributed by atoms with Crippen LogP contribution in [0, 0.1) is 0 Å². The fraction of sp³-hybridized carbons (Fsp3) is 0.154. The number of ether oxygens (including phenoxy) is 1. The molecule has 1 aromatic heterocycles. The molecule has 0 aliphatic heterocycles. The Labute approximate surface area is 105 Å². The minimum absolute atomic E-state index is 0.606. The van der Waals surface area contributed by atoms with Gasteiger partial charge in [0, 0.05) is 29.5 Å². The Hall–Kier alpha value is -1.74. The van der Waals surface area contributed by atoms with E-state index in [0.29, 0.717) is 11.6 Å².